The second kappa shape index (κ2) is 6.70. The van der Waals surface area contributed by atoms with Crippen LogP contribution in [0.1, 0.15) is 42.7 Å². The van der Waals surface area contributed by atoms with Crippen molar-refractivity contribution in [2.45, 2.75) is 38.5 Å². The van der Waals surface area contributed by atoms with Gasteiger partial charge in [0.1, 0.15) is 18.2 Å². The standard InChI is InChI=1S/C28H26NO/c1-18-22(25-17-21(15-16-29(25)2)19-7-3-4-8-19)12-13-24-27-23-10-6-5-9-20(23)11-14-26(27)30-28(18)24/h5-6,9-17,19H,3-4,7-8H2,1-2H3/q+1. The van der Waals surface area contributed by atoms with Gasteiger partial charge in [-0.25, -0.2) is 4.57 Å². The third kappa shape index (κ3) is 2.60. The van der Waals surface area contributed by atoms with Gasteiger partial charge in [-0.05, 0) is 60.2 Å². The first kappa shape index (κ1) is 17.7. The molecule has 0 spiro atoms. The lowest BCUT2D eigenvalue weighted by Gasteiger charge is -2.11. The van der Waals surface area contributed by atoms with Crippen LogP contribution in [-0.2, 0) is 7.05 Å². The summed E-state index contributed by atoms with van der Waals surface area (Å²) in [5.74, 6) is 0.714. The Morgan fingerprint density at radius 1 is 0.900 bits per heavy atom. The summed E-state index contributed by atoms with van der Waals surface area (Å²) in [5, 5.41) is 4.94. The average molecular weight is 393 g/mol. The first-order valence-corrected chi connectivity index (χ1v) is 11.0. The number of nitrogens with zero attached hydrogens (tertiary/aromatic N) is 1. The number of pyridine rings is 1. The average Bonchev–Trinajstić information content (AvgIpc) is 3.43. The summed E-state index contributed by atoms with van der Waals surface area (Å²) in [6, 6.07) is 22.1. The molecule has 1 saturated carbocycles. The summed E-state index contributed by atoms with van der Waals surface area (Å²) in [4.78, 5) is 0. The molecule has 1 aliphatic carbocycles. The van der Waals surface area contributed by atoms with Crippen LogP contribution >= 0.6 is 0 Å². The van der Waals surface area contributed by atoms with Crippen LogP contribution in [0.25, 0.3) is 44.0 Å². The normalized spacial score (nSPS) is 15.0. The highest BCUT2D eigenvalue weighted by molar-refractivity contribution is 6.19. The molecule has 2 nitrogen and oxygen atoms in total. The van der Waals surface area contributed by atoms with Crippen molar-refractivity contribution >= 4 is 32.7 Å². The first-order chi connectivity index (χ1) is 14.7. The molecule has 0 N–H and O–H groups in total. The Kier molecular flexibility index (Phi) is 3.95. The Hall–Kier alpha value is -3.13. The van der Waals surface area contributed by atoms with Crippen LogP contribution in [0.15, 0.2) is 71.3 Å². The van der Waals surface area contributed by atoms with Crippen molar-refractivity contribution in [1.82, 2.24) is 0 Å². The third-order valence-electron chi connectivity index (χ3n) is 7.05. The van der Waals surface area contributed by atoms with Crippen LogP contribution in [0.3, 0.4) is 0 Å². The number of furan rings is 1. The van der Waals surface area contributed by atoms with E-state index >= 15 is 0 Å². The molecule has 30 heavy (non-hydrogen) atoms. The lowest BCUT2D eigenvalue weighted by atomic mass is 9.94. The van der Waals surface area contributed by atoms with E-state index in [4.69, 9.17) is 4.42 Å². The fourth-order valence-corrected chi connectivity index (χ4v) is 5.39. The zero-order valence-corrected chi connectivity index (χ0v) is 17.6. The topological polar surface area (TPSA) is 17.0 Å². The summed E-state index contributed by atoms with van der Waals surface area (Å²) < 4.78 is 8.65. The van der Waals surface area contributed by atoms with Crippen LogP contribution in [0.5, 0.6) is 0 Å². The highest BCUT2D eigenvalue weighted by Gasteiger charge is 2.23. The Labute approximate surface area is 176 Å². The van der Waals surface area contributed by atoms with Crippen molar-refractivity contribution in [3.63, 3.8) is 0 Å². The summed E-state index contributed by atoms with van der Waals surface area (Å²) in [5.41, 5.74) is 7.19. The predicted molar refractivity (Wildman–Crippen MR) is 124 cm³/mol. The van der Waals surface area contributed by atoms with Crippen molar-refractivity contribution in [3.8, 4) is 11.3 Å². The number of benzene rings is 3. The van der Waals surface area contributed by atoms with Gasteiger partial charge in [0.15, 0.2) is 6.20 Å². The van der Waals surface area contributed by atoms with Gasteiger partial charge < -0.3 is 4.42 Å². The molecule has 3 aromatic carbocycles. The zero-order chi connectivity index (χ0) is 20.2. The number of hydrogen-bond acceptors (Lipinski definition) is 1. The molecule has 0 atom stereocenters. The summed E-state index contributed by atoms with van der Waals surface area (Å²) in [6.45, 7) is 2.20. The SMILES string of the molecule is Cc1c(-c2cc(C3CCCC3)cc[n+]2C)ccc2c1oc1ccc3ccccc3c12. The van der Waals surface area contributed by atoms with Crippen LogP contribution in [0, 0.1) is 6.92 Å². The van der Waals surface area contributed by atoms with Gasteiger partial charge in [-0.3, -0.25) is 0 Å². The van der Waals surface area contributed by atoms with Gasteiger partial charge >= 0.3 is 0 Å². The molecule has 0 bridgehead atoms. The number of aryl methyl sites for hydroxylation is 2. The Morgan fingerprint density at radius 2 is 1.73 bits per heavy atom. The van der Waals surface area contributed by atoms with E-state index in [-0.39, 0.29) is 0 Å². The number of fused-ring (bicyclic) bond motifs is 5. The van der Waals surface area contributed by atoms with Crippen molar-refractivity contribution < 1.29 is 8.98 Å². The fourth-order valence-electron chi connectivity index (χ4n) is 5.39. The van der Waals surface area contributed by atoms with Crippen molar-refractivity contribution in [2.24, 2.45) is 7.05 Å². The zero-order valence-electron chi connectivity index (χ0n) is 17.6. The van der Waals surface area contributed by atoms with E-state index in [1.54, 1.807) is 0 Å². The quantitative estimate of drug-likeness (QED) is 0.290. The molecule has 6 rings (SSSR count). The van der Waals surface area contributed by atoms with Gasteiger partial charge in [-0.1, -0.05) is 43.2 Å². The van der Waals surface area contributed by atoms with Gasteiger partial charge in [-0.15, -0.1) is 0 Å². The van der Waals surface area contributed by atoms with Crippen LogP contribution < -0.4 is 4.57 Å². The molecule has 1 aliphatic rings. The fraction of sp³-hybridized carbons (Fsp3) is 0.250. The molecule has 5 aromatic rings. The molecule has 0 radical (unpaired) electrons. The molecular formula is C28H26NO+. The maximum Gasteiger partial charge on any atom is 0.212 e. The lowest BCUT2D eigenvalue weighted by molar-refractivity contribution is -0.660. The van der Waals surface area contributed by atoms with Gasteiger partial charge in [0.05, 0.1) is 5.56 Å². The summed E-state index contributed by atoms with van der Waals surface area (Å²) in [6.07, 6.45) is 7.58. The van der Waals surface area contributed by atoms with Gasteiger partial charge in [0, 0.05) is 28.5 Å². The number of rotatable bonds is 2. The largest absolute Gasteiger partial charge is 0.456 e. The monoisotopic (exact) mass is 392 g/mol. The minimum absolute atomic E-state index is 0.714. The highest BCUT2D eigenvalue weighted by atomic mass is 16.3. The molecule has 2 aromatic heterocycles. The molecule has 0 amide bonds. The van der Waals surface area contributed by atoms with Crippen LogP contribution in [-0.4, -0.2) is 0 Å². The van der Waals surface area contributed by atoms with E-state index in [0.29, 0.717) is 5.92 Å². The molecule has 0 aliphatic heterocycles. The maximum absolute atomic E-state index is 6.41. The number of aromatic nitrogens is 1. The van der Waals surface area contributed by atoms with Crippen LogP contribution in [0.4, 0.5) is 0 Å². The Morgan fingerprint density at radius 3 is 2.60 bits per heavy atom. The Balaban J connectivity index is 1.58. The van der Waals surface area contributed by atoms with E-state index < -0.39 is 0 Å². The third-order valence-corrected chi connectivity index (χ3v) is 7.05. The first-order valence-electron chi connectivity index (χ1n) is 11.0. The molecule has 0 unspecified atom stereocenters. The lowest BCUT2D eigenvalue weighted by Crippen LogP contribution is -2.31. The van der Waals surface area contributed by atoms with Gasteiger partial charge in [0.25, 0.3) is 0 Å². The highest BCUT2D eigenvalue weighted by Crippen LogP contribution is 2.39. The molecule has 2 heteroatoms. The molecule has 0 saturated heterocycles. The minimum Gasteiger partial charge on any atom is -0.456 e. The van der Waals surface area contributed by atoms with Crippen LogP contribution in [0.2, 0.25) is 0 Å². The minimum atomic E-state index is 0.714. The van der Waals surface area contributed by atoms with E-state index in [0.717, 1.165) is 11.2 Å². The molecular weight excluding hydrogens is 366 g/mol. The number of hydrogen-bond donors (Lipinski definition) is 0. The molecule has 148 valence electrons. The summed E-state index contributed by atoms with van der Waals surface area (Å²) in [7, 11) is 2.14. The molecule has 1 fully saturated rings. The Bertz CT molecular complexity index is 1420. The van der Waals surface area contributed by atoms with E-state index in [9.17, 15) is 0 Å². The van der Waals surface area contributed by atoms with Crippen molar-refractivity contribution in [2.75, 3.05) is 0 Å². The van der Waals surface area contributed by atoms with Gasteiger partial charge in [-0.2, -0.15) is 0 Å². The maximum atomic E-state index is 6.41. The predicted octanol–water partition coefficient (Wildman–Crippen LogP) is 7.20. The van der Waals surface area contributed by atoms with E-state index in [1.807, 2.05) is 0 Å². The summed E-state index contributed by atoms with van der Waals surface area (Å²) >= 11 is 0. The van der Waals surface area contributed by atoms with E-state index in [1.165, 1.54) is 69.6 Å². The second-order valence-electron chi connectivity index (χ2n) is 8.81. The smallest absolute Gasteiger partial charge is 0.212 e. The van der Waals surface area contributed by atoms with Crippen molar-refractivity contribution in [1.29, 1.82) is 0 Å². The van der Waals surface area contributed by atoms with Gasteiger partial charge in [0.2, 0.25) is 5.69 Å². The van der Waals surface area contributed by atoms with E-state index in [2.05, 4.69) is 85.4 Å². The molecule has 2 heterocycles. The second-order valence-corrected chi connectivity index (χ2v) is 8.81. The van der Waals surface area contributed by atoms with Crippen molar-refractivity contribution in [3.05, 3.63) is 78.0 Å².